The number of pyridine rings is 1. The minimum absolute atomic E-state index is 0.0649. The summed E-state index contributed by atoms with van der Waals surface area (Å²) >= 11 is 0. The van der Waals surface area contributed by atoms with Crippen molar-refractivity contribution >= 4 is 28.7 Å². The Balaban J connectivity index is 1.40. The quantitative estimate of drug-likeness (QED) is 0.418. The van der Waals surface area contributed by atoms with Crippen LogP contribution in [0.25, 0.3) is 22.3 Å². The molecule has 2 heterocycles. The van der Waals surface area contributed by atoms with Crippen LogP contribution in [-0.2, 0) is 0 Å². The van der Waals surface area contributed by atoms with Gasteiger partial charge in [-0.05, 0) is 73.9 Å². The van der Waals surface area contributed by atoms with Crippen molar-refractivity contribution in [2.75, 3.05) is 12.4 Å². The number of H-pyrrole nitrogens is 1. The summed E-state index contributed by atoms with van der Waals surface area (Å²) in [6.45, 7) is 1.98. The Hall–Kier alpha value is -4.20. The molecule has 8 nitrogen and oxygen atoms in total. The Morgan fingerprint density at radius 1 is 1.00 bits per heavy atom. The van der Waals surface area contributed by atoms with Gasteiger partial charge in [0.2, 0.25) is 0 Å². The summed E-state index contributed by atoms with van der Waals surface area (Å²) in [6.07, 6.45) is 2.08. The van der Waals surface area contributed by atoms with Crippen LogP contribution in [0.2, 0.25) is 0 Å². The zero-order valence-corrected chi connectivity index (χ0v) is 18.3. The van der Waals surface area contributed by atoms with Gasteiger partial charge in [-0.3, -0.25) is 14.7 Å². The predicted molar refractivity (Wildman–Crippen MR) is 125 cm³/mol. The second-order valence-corrected chi connectivity index (χ2v) is 8.12. The van der Waals surface area contributed by atoms with Crippen molar-refractivity contribution < 1.29 is 14.3 Å². The van der Waals surface area contributed by atoms with Gasteiger partial charge in [-0.15, -0.1) is 0 Å². The number of anilines is 1. The third-order valence-electron chi connectivity index (χ3n) is 5.70. The van der Waals surface area contributed by atoms with Crippen LogP contribution >= 0.6 is 0 Å². The number of carbonyl (C=O) groups excluding carboxylic acids is 2. The van der Waals surface area contributed by atoms with Crippen molar-refractivity contribution in [3.05, 3.63) is 71.3 Å². The Morgan fingerprint density at radius 2 is 1.76 bits per heavy atom. The number of nitrogens with zero attached hydrogens (tertiary/aromatic N) is 2. The molecule has 3 N–H and O–H groups in total. The summed E-state index contributed by atoms with van der Waals surface area (Å²) < 4.78 is 5.13. The molecule has 166 valence electrons. The molecule has 8 heteroatoms. The van der Waals surface area contributed by atoms with E-state index in [2.05, 4.69) is 25.8 Å². The molecule has 2 amide bonds. The minimum atomic E-state index is -0.277. The van der Waals surface area contributed by atoms with Crippen LogP contribution in [0.4, 0.5) is 5.82 Å². The van der Waals surface area contributed by atoms with E-state index >= 15 is 0 Å². The van der Waals surface area contributed by atoms with Crippen molar-refractivity contribution in [1.29, 1.82) is 0 Å². The number of fused-ring (bicyclic) bond motifs is 1. The molecule has 0 saturated heterocycles. The molecule has 1 aliphatic rings. The zero-order chi connectivity index (χ0) is 22.9. The van der Waals surface area contributed by atoms with Crippen molar-refractivity contribution in [1.82, 2.24) is 20.5 Å². The Kier molecular flexibility index (Phi) is 5.26. The second-order valence-electron chi connectivity index (χ2n) is 8.12. The van der Waals surface area contributed by atoms with Gasteiger partial charge in [0.1, 0.15) is 5.75 Å². The molecule has 0 aliphatic heterocycles. The number of aromatic nitrogens is 3. The lowest BCUT2D eigenvalue weighted by atomic mass is 10.0. The second kappa shape index (κ2) is 8.38. The van der Waals surface area contributed by atoms with Crippen molar-refractivity contribution in [2.24, 2.45) is 0 Å². The van der Waals surface area contributed by atoms with E-state index in [-0.39, 0.29) is 11.8 Å². The third-order valence-corrected chi connectivity index (χ3v) is 5.70. The summed E-state index contributed by atoms with van der Waals surface area (Å²) in [6, 6.07) is 16.5. The van der Waals surface area contributed by atoms with Crippen LogP contribution in [0.1, 0.15) is 39.1 Å². The SMILES string of the molecule is COc1ccc(C(=O)Nc2n[nH]c3nc(-c4cc(C(=O)NC5CC5)ccc4C)ccc23)cc1. The third kappa shape index (κ3) is 4.27. The number of benzene rings is 2. The summed E-state index contributed by atoms with van der Waals surface area (Å²) in [5, 5.41) is 13.7. The van der Waals surface area contributed by atoms with Crippen LogP contribution < -0.4 is 15.4 Å². The lowest BCUT2D eigenvalue weighted by Gasteiger charge is -2.09. The summed E-state index contributed by atoms with van der Waals surface area (Å²) in [4.78, 5) is 29.8. The molecule has 0 atom stereocenters. The normalized spacial score (nSPS) is 13.0. The summed E-state index contributed by atoms with van der Waals surface area (Å²) in [7, 11) is 1.58. The van der Waals surface area contributed by atoms with Crippen molar-refractivity contribution in [3.8, 4) is 17.0 Å². The molecule has 33 heavy (non-hydrogen) atoms. The van der Waals surface area contributed by atoms with E-state index < -0.39 is 0 Å². The van der Waals surface area contributed by atoms with E-state index in [0.717, 1.165) is 29.7 Å². The van der Waals surface area contributed by atoms with Gasteiger partial charge >= 0.3 is 0 Å². The van der Waals surface area contributed by atoms with Gasteiger partial charge in [0.15, 0.2) is 11.5 Å². The van der Waals surface area contributed by atoms with Gasteiger partial charge in [0, 0.05) is 22.7 Å². The van der Waals surface area contributed by atoms with Crippen molar-refractivity contribution in [3.63, 3.8) is 0 Å². The first-order valence-corrected chi connectivity index (χ1v) is 10.7. The first kappa shape index (κ1) is 20.7. The molecule has 0 radical (unpaired) electrons. The summed E-state index contributed by atoms with van der Waals surface area (Å²) in [5.74, 6) is 0.738. The van der Waals surface area contributed by atoms with Gasteiger partial charge in [0.25, 0.3) is 11.8 Å². The van der Waals surface area contributed by atoms with Crippen molar-refractivity contribution in [2.45, 2.75) is 25.8 Å². The highest BCUT2D eigenvalue weighted by Crippen LogP contribution is 2.28. The molecule has 1 saturated carbocycles. The fraction of sp³-hybridized carbons (Fsp3) is 0.200. The van der Waals surface area contributed by atoms with Crippen LogP contribution in [0.5, 0.6) is 5.75 Å². The molecule has 5 rings (SSSR count). The number of nitrogens with one attached hydrogen (secondary N) is 3. The fourth-order valence-electron chi connectivity index (χ4n) is 3.61. The highest BCUT2D eigenvalue weighted by Gasteiger charge is 2.24. The minimum Gasteiger partial charge on any atom is -0.497 e. The first-order valence-electron chi connectivity index (χ1n) is 10.7. The number of ether oxygens (including phenoxy) is 1. The number of rotatable bonds is 6. The van der Waals surface area contributed by atoms with E-state index in [4.69, 9.17) is 4.74 Å². The topological polar surface area (TPSA) is 109 Å². The molecule has 0 spiro atoms. The Bertz CT molecular complexity index is 1360. The summed E-state index contributed by atoms with van der Waals surface area (Å²) in [5.41, 5.74) is 4.26. The highest BCUT2D eigenvalue weighted by atomic mass is 16.5. The van der Waals surface area contributed by atoms with E-state index in [1.54, 1.807) is 31.4 Å². The number of carbonyl (C=O) groups is 2. The molecule has 1 fully saturated rings. The van der Waals surface area contributed by atoms with Gasteiger partial charge < -0.3 is 15.4 Å². The molecule has 0 bridgehead atoms. The number of hydrogen-bond donors (Lipinski definition) is 3. The van der Waals surface area contributed by atoms with Gasteiger partial charge in [-0.2, -0.15) is 5.10 Å². The van der Waals surface area contributed by atoms with Crippen LogP contribution in [0.3, 0.4) is 0 Å². The average molecular weight is 441 g/mol. The molecule has 2 aromatic carbocycles. The van der Waals surface area contributed by atoms with Crippen LogP contribution in [0.15, 0.2) is 54.6 Å². The maximum Gasteiger partial charge on any atom is 0.256 e. The zero-order valence-electron chi connectivity index (χ0n) is 18.3. The van der Waals surface area contributed by atoms with Gasteiger partial charge in [-0.1, -0.05) is 6.07 Å². The fourth-order valence-corrected chi connectivity index (χ4v) is 3.61. The number of aromatic amines is 1. The monoisotopic (exact) mass is 441 g/mol. The lowest BCUT2D eigenvalue weighted by molar-refractivity contribution is 0.0950. The average Bonchev–Trinajstić information content (AvgIpc) is 3.57. The highest BCUT2D eigenvalue weighted by molar-refractivity contribution is 6.07. The maximum absolute atomic E-state index is 12.6. The largest absolute Gasteiger partial charge is 0.497 e. The van der Waals surface area contributed by atoms with Crippen LogP contribution in [-0.4, -0.2) is 40.1 Å². The lowest BCUT2D eigenvalue weighted by Crippen LogP contribution is -2.25. The predicted octanol–water partition coefficient (Wildman–Crippen LogP) is 4.09. The maximum atomic E-state index is 12.6. The van der Waals surface area contributed by atoms with E-state index in [9.17, 15) is 9.59 Å². The van der Waals surface area contributed by atoms with Gasteiger partial charge in [-0.25, -0.2) is 4.98 Å². The Labute approximate surface area is 190 Å². The molecule has 4 aromatic rings. The molecule has 1 aliphatic carbocycles. The standard InChI is InChI=1S/C25H23N5O3/c1-14-3-4-16(25(32)26-17-7-8-17)13-20(14)21-12-11-19-22(27-21)29-30-23(19)28-24(31)15-5-9-18(33-2)10-6-15/h3-6,9-13,17H,7-8H2,1-2H3,(H,26,32)(H2,27,28,29,30,31). The first-order chi connectivity index (χ1) is 16.0. The molecule has 0 unspecified atom stereocenters. The molecular weight excluding hydrogens is 418 g/mol. The number of methoxy groups -OCH3 is 1. The number of aryl methyl sites for hydroxylation is 1. The number of hydrogen-bond acceptors (Lipinski definition) is 5. The van der Waals surface area contributed by atoms with E-state index in [0.29, 0.717) is 39.8 Å². The van der Waals surface area contributed by atoms with E-state index in [1.807, 2.05) is 37.3 Å². The molecule has 2 aromatic heterocycles. The molecular formula is C25H23N5O3. The smallest absolute Gasteiger partial charge is 0.256 e. The Morgan fingerprint density at radius 3 is 2.48 bits per heavy atom. The van der Waals surface area contributed by atoms with Crippen LogP contribution in [0, 0.1) is 6.92 Å². The van der Waals surface area contributed by atoms with E-state index in [1.165, 1.54) is 0 Å². The number of amides is 2. The van der Waals surface area contributed by atoms with Gasteiger partial charge in [0.05, 0.1) is 18.2 Å².